The quantitative estimate of drug-likeness (QED) is 0.839. The summed E-state index contributed by atoms with van der Waals surface area (Å²) < 4.78 is 10.9. The van der Waals surface area contributed by atoms with E-state index in [2.05, 4.69) is 25.8 Å². The number of methoxy groups -OCH3 is 1. The predicted molar refractivity (Wildman–Crippen MR) is 80.8 cm³/mol. The monoisotopic (exact) mass is 292 g/mol. The van der Waals surface area contributed by atoms with Gasteiger partial charge in [0, 0.05) is 24.7 Å². The molecule has 1 fully saturated rings. The maximum Gasteiger partial charge on any atom is 0.255 e. The molecule has 1 aromatic heterocycles. The zero-order valence-corrected chi connectivity index (χ0v) is 13.5. The molecule has 0 aliphatic carbocycles. The van der Waals surface area contributed by atoms with Crippen molar-refractivity contribution in [2.75, 3.05) is 26.8 Å². The van der Waals surface area contributed by atoms with Crippen molar-refractivity contribution in [2.45, 2.75) is 39.2 Å². The van der Waals surface area contributed by atoms with Crippen LogP contribution in [-0.2, 0) is 10.2 Å². The minimum Gasteiger partial charge on any atom is -0.495 e. The fourth-order valence-corrected chi connectivity index (χ4v) is 2.47. The highest BCUT2D eigenvalue weighted by Crippen LogP contribution is 2.30. The third kappa shape index (κ3) is 3.53. The summed E-state index contributed by atoms with van der Waals surface area (Å²) in [7, 11) is 1.61. The molecule has 0 N–H and O–H groups in total. The van der Waals surface area contributed by atoms with Crippen LogP contribution in [0.3, 0.4) is 0 Å². The van der Waals surface area contributed by atoms with E-state index < -0.39 is 0 Å². The molecule has 0 aromatic carbocycles. The highest BCUT2D eigenvalue weighted by atomic mass is 16.5. The average molecular weight is 292 g/mol. The molecule has 5 nitrogen and oxygen atoms in total. The number of hydrogen-bond donors (Lipinski definition) is 0. The SMILES string of the molecule is COc1cc(C(=O)N2CCOC(C)C2)cnc1C(C)(C)C. The smallest absolute Gasteiger partial charge is 0.255 e. The number of carbonyl (C=O) groups excluding carboxylic acids is 1. The summed E-state index contributed by atoms with van der Waals surface area (Å²) in [6.45, 7) is 10.0. The third-order valence-corrected chi connectivity index (χ3v) is 3.56. The lowest BCUT2D eigenvalue weighted by molar-refractivity contribution is -0.0124. The summed E-state index contributed by atoms with van der Waals surface area (Å²) in [5.41, 5.74) is 1.30. The summed E-state index contributed by atoms with van der Waals surface area (Å²) in [5, 5.41) is 0. The predicted octanol–water partition coefficient (Wildman–Crippen LogP) is 2.25. The molecule has 1 aliphatic heterocycles. The second-order valence-electron chi connectivity index (χ2n) is 6.46. The maximum absolute atomic E-state index is 12.5. The van der Waals surface area contributed by atoms with Crippen LogP contribution in [0.1, 0.15) is 43.7 Å². The van der Waals surface area contributed by atoms with E-state index in [1.807, 2.05) is 6.92 Å². The standard InChI is InChI=1S/C16H24N2O3/c1-11-10-18(6-7-21-11)15(19)12-8-13(20-5)14(17-9-12)16(2,3)4/h8-9,11H,6-7,10H2,1-5H3. The molecule has 2 rings (SSSR count). The number of pyridine rings is 1. The van der Waals surface area contributed by atoms with Gasteiger partial charge in [-0.1, -0.05) is 20.8 Å². The van der Waals surface area contributed by atoms with Gasteiger partial charge in [-0.3, -0.25) is 9.78 Å². The Morgan fingerprint density at radius 1 is 1.48 bits per heavy atom. The van der Waals surface area contributed by atoms with Crippen LogP contribution in [0, 0.1) is 0 Å². The lowest BCUT2D eigenvalue weighted by atomic mass is 9.90. The molecular formula is C16H24N2O3. The molecule has 1 unspecified atom stereocenters. The topological polar surface area (TPSA) is 51.7 Å². The van der Waals surface area contributed by atoms with E-state index in [1.54, 1.807) is 24.3 Å². The summed E-state index contributed by atoms with van der Waals surface area (Å²) in [5.74, 6) is 0.645. The van der Waals surface area contributed by atoms with Crippen molar-refractivity contribution in [2.24, 2.45) is 0 Å². The zero-order chi connectivity index (χ0) is 15.6. The van der Waals surface area contributed by atoms with Gasteiger partial charge < -0.3 is 14.4 Å². The normalized spacial score (nSPS) is 19.5. The zero-order valence-electron chi connectivity index (χ0n) is 13.5. The number of nitrogens with zero attached hydrogens (tertiary/aromatic N) is 2. The second-order valence-corrected chi connectivity index (χ2v) is 6.46. The number of ether oxygens (including phenoxy) is 2. The van der Waals surface area contributed by atoms with Crippen LogP contribution in [0.15, 0.2) is 12.3 Å². The molecule has 1 amide bonds. The first-order valence-corrected chi connectivity index (χ1v) is 7.28. The maximum atomic E-state index is 12.5. The van der Waals surface area contributed by atoms with Crippen molar-refractivity contribution in [3.63, 3.8) is 0 Å². The van der Waals surface area contributed by atoms with E-state index in [9.17, 15) is 4.79 Å². The van der Waals surface area contributed by atoms with Crippen LogP contribution in [0.2, 0.25) is 0 Å². The molecule has 21 heavy (non-hydrogen) atoms. The molecule has 0 spiro atoms. The van der Waals surface area contributed by atoms with E-state index in [4.69, 9.17) is 9.47 Å². The minimum atomic E-state index is -0.125. The Bertz CT molecular complexity index is 523. The van der Waals surface area contributed by atoms with Gasteiger partial charge in [0.15, 0.2) is 0 Å². The molecule has 0 radical (unpaired) electrons. The molecule has 1 atom stereocenters. The lowest BCUT2D eigenvalue weighted by Gasteiger charge is -2.31. The first kappa shape index (κ1) is 15.8. The minimum absolute atomic E-state index is 0.0172. The molecule has 116 valence electrons. The Morgan fingerprint density at radius 3 is 2.76 bits per heavy atom. The number of aromatic nitrogens is 1. The summed E-state index contributed by atoms with van der Waals surface area (Å²) in [4.78, 5) is 18.8. The summed E-state index contributed by atoms with van der Waals surface area (Å²) in [6, 6.07) is 1.79. The lowest BCUT2D eigenvalue weighted by Crippen LogP contribution is -2.44. The number of amides is 1. The Labute approximate surface area is 126 Å². The van der Waals surface area contributed by atoms with Gasteiger partial charge in [0.25, 0.3) is 5.91 Å². The second kappa shape index (κ2) is 6.02. The van der Waals surface area contributed by atoms with Crippen molar-refractivity contribution in [1.29, 1.82) is 0 Å². The first-order chi connectivity index (χ1) is 9.82. The average Bonchev–Trinajstić information content (AvgIpc) is 2.44. The molecule has 0 bridgehead atoms. The molecule has 1 aromatic rings. The van der Waals surface area contributed by atoms with Crippen molar-refractivity contribution in [3.05, 3.63) is 23.5 Å². The Morgan fingerprint density at radius 2 is 2.19 bits per heavy atom. The fraction of sp³-hybridized carbons (Fsp3) is 0.625. The molecule has 5 heteroatoms. The van der Waals surface area contributed by atoms with Crippen molar-refractivity contribution in [1.82, 2.24) is 9.88 Å². The Balaban J connectivity index is 2.26. The van der Waals surface area contributed by atoms with Crippen molar-refractivity contribution in [3.8, 4) is 5.75 Å². The van der Waals surface area contributed by atoms with Gasteiger partial charge in [-0.2, -0.15) is 0 Å². The Hall–Kier alpha value is -1.62. The number of carbonyl (C=O) groups is 1. The third-order valence-electron chi connectivity index (χ3n) is 3.56. The van der Waals surface area contributed by atoms with Gasteiger partial charge in [0.2, 0.25) is 0 Å². The van der Waals surface area contributed by atoms with E-state index in [1.165, 1.54) is 0 Å². The van der Waals surface area contributed by atoms with Gasteiger partial charge in [0.05, 0.1) is 31.1 Å². The number of morpholine rings is 1. The van der Waals surface area contributed by atoms with Gasteiger partial charge in [0.1, 0.15) is 5.75 Å². The summed E-state index contributed by atoms with van der Waals surface area (Å²) in [6.07, 6.45) is 1.72. The summed E-state index contributed by atoms with van der Waals surface area (Å²) >= 11 is 0. The van der Waals surface area contributed by atoms with Gasteiger partial charge in [-0.15, -0.1) is 0 Å². The molecule has 2 heterocycles. The van der Waals surface area contributed by atoms with E-state index >= 15 is 0 Å². The van der Waals surface area contributed by atoms with Crippen LogP contribution in [0.4, 0.5) is 0 Å². The van der Waals surface area contributed by atoms with E-state index in [0.29, 0.717) is 31.0 Å². The van der Waals surface area contributed by atoms with E-state index in [-0.39, 0.29) is 17.4 Å². The van der Waals surface area contributed by atoms with Crippen molar-refractivity contribution >= 4 is 5.91 Å². The van der Waals surface area contributed by atoms with Crippen molar-refractivity contribution < 1.29 is 14.3 Å². The van der Waals surface area contributed by atoms with Crippen LogP contribution in [-0.4, -0.2) is 48.7 Å². The largest absolute Gasteiger partial charge is 0.495 e. The first-order valence-electron chi connectivity index (χ1n) is 7.28. The Kier molecular flexibility index (Phi) is 4.52. The van der Waals surface area contributed by atoms with Crippen LogP contribution < -0.4 is 4.74 Å². The molecule has 1 saturated heterocycles. The fourth-order valence-electron chi connectivity index (χ4n) is 2.47. The van der Waals surface area contributed by atoms with Gasteiger partial charge in [-0.25, -0.2) is 0 Å². The number of hydrogen-bond acceptors (Lipinski definition) is 4. The van der Waals surface area contributed by atoms with Gasteiger partial charge >= 0.3 is 0 Å². The number of rotatable bonds is 2. The molecular weight excluding hydrogens is 268 g/mol. The molecule has 0 saturated carbocycles. The highest BCUT2D eigenvalue weighted by molar-refractivity contribution is 5.94. The highest BCUT2D eigenvalue weighted by Gasteiger charge is 2.26. The van der Waals surface area contributed by atoms with Crippen LogP contribution in [0.25, 0.3) is 0 Å². The molecule has 1 aliphatic rings. The van der Waals surface area contributed by atoms with Gasteiger partial charge in [-0.05, 0) is 13.0 Å². The van der Waals surface area contributed by atoms with Crippen LogP contribution in [0.5, 0.6) is 5.75 Å². The van der Waals surface area contributed by atoms with E-state index in [0.717, 1.165) is 5.69 Å². The van der Waals surface area contributed by atoms with Crippen LogP contribution >= 0.6 is 0 Å².